The van der Waals surface area contributed by atoms with Crippen LogP contribution in [0.1, 0.15) is 11.1 Å². The van der Waals surface area contributed by atoms with Gasteiger partial charge in [-0.15, -0.1) is 0 Å². The Bertz CT molecular complexity index is 1290. The zero-order chi connectivity index (χ0) is 29.2. The number of likely N-dealkylation sites (N-methyl/N-ethyl adjacent to an activating group) is 2. The molecule has 0 N–H and O–H groups in total. The van der Waals surface area contributed by atoms with Crippen molar-refractivity contribution in [1.82, 2.24) is 9.80 Å². The van der Waals surface area contributed by atoms with Gasteiger partial charge in [0, 0.05) is 26.3 Å². The molecule has 0 bridgehead atoms. The molecule has 41 heavy (non-hydrogen) atoms. The summed E-state index contributed by atoms with van der Waals surface area (Å²) < 4.78 is 19.9. The third kappa shape index (κ3) is 8.34. The monoisotopic (exact) mass is 548 g/mol. The van der Waals surface area contributed by atoms with Crippen molar-refractivity contribution in [1.29, 1.82) is 0 Å². The molecule has 0 aliphatic carbocycles. The molecule has 0 atom stereocenters. The summed E-state index contributed by atoms with van der Waals surface area (Å²) in [7, 11) is 8.24. The van der Waals surface area contributed by atoms with Gasteiger partial charge in [-0.2, -0.15) is 0 Å². The van der Waals surface area contributed by atoms with Gasteiger partial charge < -0.3 is 23.8 Å². The molecule has 4 rings (SSSR count). The zero-order valence-electron chi connectivity index (χ0n) is 25.3. The maximum atomic E-state index is 6.80. The lowest BCUT2D eigenvalue weighted by Gasteiger charge is -2.23. The van der Waals surface area contributed by atoms with Crippen LogP contribution in [0.25, 0.3) is 0 Å². The van der Waals surface area contributed by atoms with Crippen LogP contribution in [0.2, 0.25) is 0 Å². The van der Waals surface area contributed by atoms with E-state index in [9.17, 15) is 0 Å². The van der Waals surface area contributed by atoms with Gasteiger partial charge in [-0.25, -0.2) is 0 Å². The van der Waals surface area contributed by atoms with Crippen LogP contribution in [0.3, 0.4) is 0 Å². The Morgan fingerprint density at radius 2 is 0.829 bits per heavy atom. The summed E-state index contributed by atoms with van der Waals surface area (Å²) in [5, 5.41) is 0. The topological polar surface area (TPSA) is 34.2 Å². The lowest BCUT2D eigenvalue weighted by atomic mass is 9.53. The van der Waals surface area contributed by atoms with Gasteiger partial charge in [0.1, 0.15) is 11.5 Å². The maximum Gasteiger partial charge on any atom is 0.365 e. The predicted molar refractivity (Wildman–Crippen MR) is 174 cm³/mol. The number of nitrogens with zero attached hydrogens (tertiary/aromatic N) is 2. The van der Waals surface area contributed by atoms with E-state index in [0.29, 0.717) is 13.2 Å². The van der Waals surface area contributed by atoms with E-state index < -0.39 is 0 Å². The van der Waals surface area contributed by atoms with Crippen LogP contribution >= 0.6 is 0 Å². The van der Waals surface area contributed by atoms with Crippen molar-refractivity contribution < 1.29 is 14.0 Å². The van der Waals surface area contributed by atoms with E-state index in [-0.39, 0.29) is 13.8 Å². The number of rotatable bonds is 14. The maximum absolute atomic E-state index is 6.80. The van der Waals surface area contributed by atoms with Crippen molar-refractivity contribution in [3.8, 4) is 11.5 Å². The number of hydrogen-bond acceptors (Lipinski definition) is 5. The lowest BCUT2D eigenvalue weighted by Crippen LogP contribution is -2.48. The fourth-order valence-electron chi connectivity index (χ4n) is 4.86. The van der Waals surface area contributed by atoms with Crippen molar-refractivity contribution in [2.45, 2.75) is 13.8 Å². The van der Waals surface area contributed by atoms with E-state index in [4.69, 9.17) is 14.0 Å². The van der Waals surface area contributed by atoms with Gasteiger partial charge in [0.05, 0.1) is 0 Å². The van der Waals surface area contributed by atoms with Crippen LogP contribution in [0.5, 0.6) is 11.5 Å². The summed E-state index contributed by atoms with van der Waals surface area (Å²) in [5.74, 6) is 1.55. The van der Waals surface area contributed by atoms with E-state index in [2.05, 4.69) is 125 Å². The fourth-order valence-corrected chi connectivity index (χ4v) is 4.86. The SMILES string of the molecule is Cc1ccccc1B(OCCN(C)C)c1ccccc1Oc1ccccc1B(OCCN(C)C)c1ccccc1C. The Hall–Kier alpha value is -3.35. The molecule has 0 unspecified atom stereocenters. The summed E-state index contributed by atoms with van der Waals surface area (Å²) in [6.45, 7) is 6.61. The van der Waals surface area contributed by atoms with Gasteiger partial charge >= 0.3 is 13.8 Å². The van der Waals surface area contributed by atoms with Gasteiger partial charge in [0.25, 0.3) is 0 Å². The minimum absolute atomic E-state index is 0.261. The van der Waals surface area contributed by atoms with Crippen molar-refractivity contribution in [3.05, 3.63) is 108 Å². The van der Waals surface area contributed by atoms with Crippen LogP contribution < -0.4 is 26.6 Å². The van der Waals surface area contributed by atoms with Gasteiger partial charge in [-0.3, -0.25) is 0 Å². The number of benzene rings is 4. The molecular weight excluding hydrogens is 506 g/mol. The molecule has 0 aromatic heterocycles. The minimum Gasteiger partial charge on any atom is -0.458 e. The molecule has 5 nitrogen and oxygen atoms in total. The molecule has 7 heteroatoms. The second-order valence-electron chi connectivity index (χ2n) is 11.0. The molecule has 212 valence electrons. The summed E-state index contributed by atoms with van der Waals surface area (Å²) >= 11 is 0. The van der Waals surface area contributed by atoms with E-state index >= 15 is 0 Å². The van der Waals surface area contributed by atoms with Gasteiger partial charge in [-0.1, -0.05) is 96.1 Å². The number of hydrogen-bond donors (Lipinski definition) is 0. The van der Waals surface area contributed by atoms with E-state index in [1.54, 1.807) is 0 Å². The first-order valence-electron chi connectivity index (χ1n) is 14.3. The highest BCUT2D eigenvalue weighted by molar-refractivity contribution is 6.81. The van der Waals surface area contributed by atoms with Crippen molar-refractivity contribution in [3.63, 3.8) is 0 Å². The molecule has 0 aliphatic rings. The Balaban J connectivity index is 1.73. The van der Waals surface area contributed by atoms with Gasteiger partial charge in [0.15, 0.2) is 0 Å². The molecule has 0 fully saturated rings. The van der Waals surface area contributed by atoms with E-state index in [1.807, 2.05) is 24.3 Å². The Morgan fingerprint density at radius 1 is 0.488 bits per heavy atom. The molecular formula is C34H42B2N2O3. The number of ether oxygens (including phenoxy) is 1. The van der Waals surface area contributed by atoms with E-state index in [0.717, 1.165) is 46.4 Å². The largest absolute Gasteiger partial charge is 0.458 e. The normalized spacial score (nSPS) is 11.2. The van der Waals surface area contributed by atoms with Gasteiger partial charge in [0.2, 0.25) is 0 Å². The highest BCUT2D eigenvalue weighted by Gasteiger charge is 2.29. The Morgan fingerprint density at radius 3 is 1.20 bits per heavy atom. The lowest BCUT2D eigenvalue weighted by molar-refractivity contribution is 0.269. The molecule has 0 saturated heterocycles. The Labute approximate surface area is 247 Å². The van der Waals surface area contributed by atoms with Gasteiger partial charge in [-0.05, 0) is 76.0 Å². The van der Waals surface area contributed by atoms with Crippen molar-refractivity contribution in [2.24, 2.45) is 0 Å². The third-order valence-corrected chi connectivity index (χ3v) is 7.21. The molecule has 0 aliphatic heterocycles. The second kappa shape index (κ2) is 15.0. The standard InChI is InChI=1S/C34H42B2N2O3/c1-27-15-7-9-17-29(27)35(39-25-23-37(3)4)31-19-11-13-21-33(31)41-34-22-14-12-20-32(34)36(40-26-24-38(5)6)30-18-10-8-16-28(30)2/h7-22H,23-26H2,1-6H3. The summed E-state index contributed by atoms with van der Waals surface area (Å²) in [5.41, 5.74) is 6.64. The molecule has 0 saturated carbocycles. The highest BCUT2D eigenvalue weighted by atomic mass is 16.5. The first kappa shape index (κ1) is 30.6. The van der Waals surface area contributed by atoms with Crippen LogP contribution in [0, 0.1) is 13.8 Å². The molecule has 0 heterocycles. The second-order valence-corrected chi connectivity index (χ2v) is 11.0. The van der Waals surface area contributed by atoms with Crippen molar-refractivity contribution in [2.75, 3.05) is 54.5 Å². The first-order chi connectivity index (χ1) is 19.8. The van der Waals surface area contributed by atoms with Crippen LogP contribution in [-0.4, -0.2) is 78.1 Å². The zero-order valence-corrected chi connectivity index (χ0v) is 25.3. The highest BCUT2D eigenvalue weighted by Crippen LogP contribution is 2.20. The molecule has 0 radical (unpaired) electrons. The smallest absolute Gasteiger partial charge is 0.365 e. The van der Waals surface area contributed by atoms with E-state index in [1.165, 1.54) is 11.1 Å². The molecule has 0 spiro atoms. The quantitative estimate of drug-likeness (QED) is 0.226. The number of aryl methyl sites for hydroxylation is 2. The first-order valence-corrected chi connectivity index (χ1v) is 14.3. The average molecular weight is 548 g/mol. The fraction of sp³-hybridized carbons (Fsp3) is 0.294. The number of para-hydroxylation sites is 2. The summed E-state index contributed by atoms with van der Waals surface area (Å²) in [6, 6.07) is 33.2. The average Bonchev–Trinajstić information content (AvgIpc) is 2.95. The minimum atomic E-state index is -0.261. The van der Waals surface area contributed by atoms with Crippen LogP contribution in [-0.2, 0) is 9.31 Å². The Kier molecular flexibility index (Phi) is 11.2. The summed E-state index contributed by atoms with van der Waals surface area (Å²) in [4.78, 5) is 4.27. The van der Waals surface area contributed by atoms with Crippen molar-refractivity contribution >= 4 is 35.7 Å². The predicted octanol–water partition coefficient (Wildman–Crippen LogP) is 3.46. The third-order valence-electron chi connectivity index (χ3n) is 7.21. The van der Waals surface area contributed by atoms with Crippen LogP contribution in [0.15, 0.2) is 97.1 Å². The molecule has 4 aromatic carbocycles. The van der Waals surface area contributed by atoms with Crippen LogP contribution in [0.4, 0.5) is 0 Å². The summed E-state index contributed by atoms with van der Waals surface area (Å²) in [6.07, 6.45) is 0. The molecule has 4 aromatic rings. The molecule has 0 amide bonds.